The molecule has 0 radical (unpaired) electrons. The topological polar surface area (TPSA) is 60.9 Å². The molecule has 0 aliphatic rings. The van der Waals surface area contributed by atoms with E-state index in [2.05, 4.69) is 5.10 Å². The van der Waals surface area contributed by atoms with Crippen molar-refractivity contribution in [3.8, 4) is 12.3 Å². The number of rotatable bonds is 2. The number of nitrogens with zero attached hydrogens (tertiary/aromatic N) is 2. The van der Waals surface area contributed by atoms with Gasteiger partial charge in [0.05, 0.1) is 11.9 Å². The summed E-state index contributed by atoms with van der Waals surface area (Å²) in [6, 6.07) is 0. The lowest BCUT2D eigenvalue weighted by molar-refractivity contribution is -0.114. The number of ketones is 1. The van der Waals surface area contributed by atoms with Crippen molar-refractivity contribution >= 4 is 11.5 Å². The van der Waals surface area contributed by atoms with E-state index in [0.29, 0.717) is 5.69 Å². The molecule has 1 aromatic rings. The summed E-state index contributed by atoms with van der Waals surface area (Å²) in [4.78, 5) is 10.7. The van der Waals surface area contributed by atoms with E-state index in [1.54, 1.807) is 6.20 Å². The highest BCUT2D eigenvalue weighted by molar-refractivity contribution is 5.94. The highest BCUT2D eigenvalue weighted by Crippen LogP contribution is 1.96. The van der Waals surface area contributed by atoms with Crippen molar-refractivity contribution < 1.29 is 4.79 Å². The number of terminal acetylenes is 1. The first kappa shape index (κ1) is 7.35. The van der Waals surface area contributed by atoms with Crippen LogP contribution in [0.3, 0.4) is 0 Å². The molecule has 0 aromatic carbocycles. The second-order valence-electron chi connectivity index (χ2n) is 2.04. The van der Waals surface area contributed by atoms with Crippen LogP contribution in [0.4, 0.5) is 5.69 Å². The van der Waals surface area contributed by atoms with Crippen LogP contribution in [0.15, 0.2) is 12.4 Å². The van der Waals surface area contributed by atoms with Crippen LogP contribution in [0, 0.1) is 12.3 Å². The van der Waals surface area contributed by atoms with Gasteiger partial charge < -0.3 is 5.73 Å². The van der Waals surface area contributed by atoms with Gasteiger partial charge in [0.1, 0.15) is 6.54 Å². The minimum atomic E-state index is -0.312. The molecular formula is C7H7N3O. The molecule has 0 spiro atoms. The van der Waals surface area contributed by atoms with E-state index in [9.17, 15) is 4.79 Å². The normalized spacial score (nSPS) is 9.00. The molecule has 1 aromatic heterocycles. The molecule has 0 saturated carbocycles. The van der Waals surface area contributed by atoms with Gasteiger partial charge in [-0.3, -0.25) is 9.48 Å². The average Bonchev–Trinajstić information content (AvgIpc) is 2.35. The van der Waals surface area contributed by atoms with Gasteiger partial charge in [-0.05, 0) is 5.92 Å². The maximum Gasteiger partial charge on any atom is 0.226 e. The Kier molecular flexibility index (Phi) is 1.93. The van der Waals surface area contributed by atoms with Crippen LogP contribution in [-0.2, 0) is 11.3 Å². The quantitative estimate of drug-likeness (QED) is 0.462. The van der Waals surface area contributed by atoms with Crippen LogP contribution in [0.5, 0.6) is 0 Å². The van der Waals surface area contributed by atoms with Gasteiger partial charge in [0.2, 0.25) is 5.78 Å². The zero-order valence-corrected chi connectivity index (χ0v) is 5.82. The number of carbonyl (C=O) groups excluding carboxylic acids is 1. The molecule has 0 aliphatic carbocycles. The zero-order valence-electron chi connectivity index (χ0n) is 5.82. The number of hydrogen-bond acceptors (Lipinski definition) is 3. The van der Waals surface area contributed by atoms with Gasteiger partial charge in [0.15, 0.2) is 0 Å². The van der Waals surface area contributed by atoms with Crippen LogP contribution in [0.1, 0.15) is 0 Å². The summed E-state index contributed by atoms with van der Waals surface area (Å²) >= 11 is 0. The van der Waals surface area contributed by atoms with Crippen LogP contribution < -0.4 is 5.73 Å². The molecule has 1 heterocycles. The van der Waals surface area contributed by atoms with Crippen molar-refractivity contribution in [2.24, 2.45) is 0 Å². The van der Waals surface area contributed by atoms with Crippen LogP contribution >= 0.6 is 0 Å². The molecule has 11 heavy (non-hydrogen) atoms. The Morgan fingerprint density at radius 1 is 1.91 bits per heavy atom. The fraction of sp³-hybridized carbons (Fsp3) is 0.143. The van der Waals surface area contributed by atoms with Crippen molar-refractivity contribution in [2.75, 3.05) is 5.73 Å². The SMILES string of the molecule is C#CC(=O)Cn1cc(N)cn1. The van der Waals surface area contributed by atoms with Gasteiger partial charge in [-0.25, -0.2) is 0 Å². The maximum atomic E-state index is 10.7. The fourth-order valence-corrected chi connectivity index (χ4v) is 0.659. The predicted octanol–water partition coefficient (Wildman–Crippen LogP) is -0.332. The van der Waals surface area contributed by atoms with E-state index in [-0.39, 0.29) is 12.3 Å². The van der Waals surface area contributed by atoms with Gasteiger partial charge in [-0.1, -0.05) is 0 Å². The minimum Gasteiger partial charge on any atom is -0.396 e. The third-order valence-electron chi connectivity index (χ3n) is 1.12. The predicted molar refractivity (Wildman–Crippen MR) is 40.5 cm³/mol. The van der Waals surface area contributed by atoms with Crippen molar-refractivity contribution in [1.82, 2.24) is 9.78 Å². The summed E-state index contributed by atoms with van der Waals surface area (Å²) in [6.45, 7) is 0.0910. The summed E-state index contributed by atoms with van der Waals surface area (Å²) in [5.74, 6) is 1.67. The van der Waals surface area contributed by atoms with Crippen LogP contribution in [-0.4, -0.2) is 15.6 Å². The number of hydrogen-bond donors (Lipinski definition) is 1. The molecule has 1 rings (SSSR count). The molecule has 0 unspecified atom stereocenters. The van der Waals surface area contributed by atoms with E-state index >= 15 is 0 Å². The molecule has 56 valence electrons. The molecule has 4 nitrogen and oxygen atoms in total. The number of carbonyl (C=O) groups is 1. The minimum absolute atomic E-state index is 0.0910. The van der Waals surface area contributed by atoms with E-state index < -0.39 is 0 Å². The molecule has 0 fully saturated rings. The molecule has 0 bridgehead atoms. The highest BCUT2D eigenvalue weighted by Gasteiger charge is 1.98. The molecular weight excluding hydrogens is 142 g/mol. The average molecular weight is 149 g/mol. The van der Waals surface area contributed by atoms with Gasteiger partial charge in [-0.15, -0.1) is 6.42 Å². The monoisotopic (exact) mass is 149 g/mol. The van der Waals surface area contributed by atoms with E-state index in [4.69, 9.17) is 12.2 Å². The second kappa shape index (κ2) is 2.88. The molecule has 4 heteroatoms. The summed E-state index contributed by atoms with van der Waals surface area (Å²) in [6.07, 6.45) is 7.87. The Bertz CT molecular complexity index is 308. The third kappa shape index (κ3) is 1.83. The Balaban J connectivity index is 2.66. The van der Waals surface area contributed by atoms with Crippen molar-refractivity contribution in [1.29, 1.82) is 0 Å². The molecule has 2 N–H and O–H groups in total. The largest absolute Gasteiger partial charge is 0.396 e. The molecule has 0 amide bonds. The van der Waals surface area contributed by atoms with Crippen LogP contribution in [0.25, 0.3) is 0 Å². The lowest BCUT2D eigenvalue weighted by Crippen LogP contribution is -2.07. The van der Waals surface area contributed by atoms with E-state index in [1.807, 2.05) is 5.92 Å². The second-order valence-corrected chi connectivity index (χ2v) is 2.04. The van der Waals surface area contributed by atoms with Crippen molar-refractivity contribution in [3.63, 3.8) is 0 Å². The van der Waals surface area contributed by atoms with Crippen molar-refractivity contribution in [2.45, 2.75) is 6.54 Å². The first-order chi connectivity index (χ1) is 5.22. The third-order valence-corrected chi connectivity index (χ3v) is 1.12. The number of nitrogens with two attached hydrogens (primary N) is 1. The Morgan fingerprint density at radius 3 is 3.09 bits per heavy atom. The number of nitrogen functional groups attached to an aromatic ring is 1. The fourth-order valence-electron chi connectivity index (χ4n) is 0.659. The first-order valence-electron chi connectivity index (χ1n) is 3.00. The van der Waals surface area contributed by atoms with E-state index in [1.165, 1.54) is 10.9 Å². The lowest BCUT2D eigenvalue weighted by Gasteiger charge is -1.92. The first-order valence-corrected chi connectivity index (χ1v) is 3.00. The Labute approximate surface area is 64.0 Å². The summed E-state index contributed by atoms with van der Waals surface area (Å²) < 4.78 is 1.40. The Hall–Kier alpha value is -1.76. The summed E-state index contributed by atoms with van der Waals surface area (Å²) in [5.41, 5.74) is 5.87. The standard InChI is InChI=1S/C7H7N3O/c1-2-7(11)5-10-4-6(8)3-9-10/h1,3-4H,5,8H2. The summed E-state index contributed by atoms with van der Waals surface area (Å²) in [5, 5.41) is 3.78. The Morgan fingerprint density at radius 2 is 2.64 bits per heavy atom. The highest BCUT2D eigenvalue weighted by atomic mass is 16.1. The van der Waals surface area contributed by atoms with Gasteiger partial charge in [0.25, 0.3) is 0 Å². The summed E-state index contributed by atoms with van der Waals surface area (Å²) in [7, 11) is 0. The van der Waals surface area contributed by atoms with Gasteiger partial charge in [0, 0.05) is 6.20 Å². The zero-order chi connectivity index (χ0) is 8.27. The number of anilines is 1. The smallest absolute Gasteiger partial charge is 0.226 e. The van der Waals surface area contributed by atoms with E-state index in [0.717, 1.165) is 0 Å². The molecule has 0 aliphatic heterocycles. The lowest BCUT2D eigenvalue weighted by atomic mass is 10.4. The van der Waals surface area contributed by atoms with Gasteiger partial charge >= 0.3 is 0 Å². The number of aromatic nitrogens is 2. The maximum absolute atomic E-state index is 10.7. The van der Waals surface area contributed by atoms with Gasteiger partial charge in [-0.2, -0.15) is 5.10 Å². The van der Waals surface area contributed by atoms with Crippen LogP contribution in [0.2, 0.25) is 0 Å². The molecule has 0 atom stereocenters. The molecule has 0 saturated heterocycles. The number of Topliss-reactive ketones (excluding diaryl/α,β-unsaturated/α-hetero) is 1. The van der Waals surface area contributed by atoms with Crippen molar-refractivity contribution in [3.05, 3.63) is 12.4 Å².